The summed E-state index contributed by atoms with van der Waals surface area (Å²) < 4.78 is 5.28. The van der Waals surface area contributed by atoms with E-state index in [0.717, 1.165) is 55.2 Å². The van der Waals surface area contributed by atoms with Crippen LogP contribution in [0.15, 0.2) is 42.6 Å². The molecular formula is C21H24N6O2. The number of hydrogen-bond acceptors (Lipinski definition) is 6. The highest BCUT2D eigenvalue weighted by molar-refractivity contribution is 5.78. The van der Waals surface area contributed by atoms with Crippen LogP contribution in [-0.4, -0.2) is 57.7 Å². The maximum Gasteiger partial charge on any atom is 0.222 e. The molecule has 3 aromatic rings. The maximum absolute atomic E-state index is 11.7. The van der Waals surface area contributed by atoms with Crippen molar-refractivity contribution in [3.8, 4) is 28.5 Å². The van der Waals surface area contributed by atoms with E-state index >= 15 is 0 Å². The minimum atomic E-state index is 0.259. The largest absolute Gasteiger partial charge is 0.497 e. The Labute approximate surface area is 169 Å². The number of likely N-dealkylation sites (tertiary alicyclic amines) is 1. The van der Waals surface area contributed by atoms with Crippen LogP contribution in [0.25, 0.3) is 22.8 Å². The van der Waals surface area contributed by atoms with Crippen LogP contribution in [-0.2, 0) is 4.79 Å². The van der Waals surface area contributed by atoms with E-state index in [-0.39, 0.29) is 5.91 Å². The third-order valence-electron chi connectivity index (χ3n) is 4.94. The van der Waals surface area contributed by atoms with Crippen LogP contribution >= 0.6 is 0 Å². The van der Waals surface area contributed by atoms with Crippen LogP contribution < -0.4 is 10.1 Å². The summed E-state index contributed by atoms with van der Waals surface area (Å²) in [5.74, 6) is 3.01. The summed E-state index contributed by atoms with van der Waals surface area (Å²) in [5, 5.41) is 10.7. The van der Waals surface area contributed by atoms with Gasteiger partial charge in [0.25, 0.3) is 0 Å². The van der Waals surface area contributed by atoms with Crippen LogP contribution in [0, 0.1) is 0 Å². The van der Waals surface area contributed by atoms with Gasteiger partial charge in [0.1, 0.15) is 11.6 Å². The number of carbonyl (C=O) groups excluding carboxylic acids is 1. The summed E-state index contributed by atoms with van der Waals surface area (Å²) in [6, 6.07) is 11.5. The second kappa shape index (κ2) is 8.72. The summed E-state index contributed by atoms with van der Waals surface area (Å²) in [4.78, 5) is 22.7. The molecule has 0 bridgehead atoms. The number of carbonyl (C=O) groups is 1. The molecule has 1 fully saturated rings. The molecule has 1 aliphatic heterocycles. The zero-order valence-electron chi connectivity index (χ0n) is 16.4. The molecule has 2 N–H and O–H groups in total. The Morgan fingerprint density at radius 2 is 2.21 bits per heavy atom. The van der Waals surface area contributed by atoms with Gasteiger partial charge >= 0.3 is 0 Å². The highest BCUT2D eigenvalue weighted by Crippen LogP contribution is 2.26. The standard InChI is InChI=1S/C21H24N6O2/c1-29-16-7-2-6-15(14-16)19-24-21(26-25-19)17-8-3-10-22-20(17)23-11-5-13-27-12-4-9-18(27)28/h2-3,6-8,10,14H,4-5,9,11-13H2,1H3,(H,22,23)(H,24,25,26). The SMILES string of the molecule is COc1cccc(-c2n[nH]c(-c3cccnc3NCCCN3CCCC3=O)n2)c1. The molecule has 8 nitrogen and oxygen atoms in total. The average Bonchev–Trinajstić information content (AvgIpc) is 3.41. The summed E-state index contributed by atoms with van der Waals surface area (Å²) in [5.41, 5.74) is 1.73. The van der Waals surface area contributed by atoms with Crippen molar-refractivity contribution in [3.05, 3.63) is 42.6 Å². The van der Waals surface area contributed by atoms with Crippen molar-refractivity contribution in [1.29, 1.82) is 0 Å². The smallest absolute Gasteiger partial charge is 0.222 e. The van der Waals surface area contributed by atoms with Crippen molar-refractivity contribution in [2.45, 2.75) is 19.3 Å². The van der Waals surface area contributed by atoms with E-state index in [1.165, 1.54) is 0 Å². The summed E-state index contributed by atoms with van der Waals surface area (Å²) in [7, 11) is 1.63. The van der Waals surface area contributed by atoms with E-state index in [9.17, 15) is 4.79 Å². The molecule has 29 heavy (non-hydrogen) atoms. The Balaban J connectivity index is 1.44. The summed E-state index contributed by atoms with van der Waals surface area (Å²) in [6.07, 6.45) is 4.26. The fourth-order valence-corrected chi connectivity index (χ4v) is 3.43. The third-order valence-corrected chi connectivity index (χ3v) is 4.94. The van der Waals surface area contributed by atoms with Gasteiger partial charge < -0.3 is 15.0 Å². The first-order valence-corrected chi connectivity index (χ1v) is 9.78. The van der Waals surface area contributed by atoms with Gasteiger partial charge in [-0.2, -0.15) is 5.10 Å². The zero-order chi connectivity index (χ0) is 20.1. The van der Waals surface area contributed by atoms with E-state index < -0.39 is 0 Å². The lowest BCUT2D eigenvalue weighted by Crippen LogP contribution is -2.27. The molecule has 1 amide bonds. The van der Waals surface area contributed by atoms with Crippen molar-refractivity contribution in [1.82, 2.24) is 25.1 Å². The van der Waals surface area contributed by atoms with E-state index in [2.05, 4.69) is 25.5 Å². The minimum Gasteiger partial charge on any atom is -0.497 e. The number of pyridine rings is 1. The number of rotatable bonds is 8. The molecule has 0 atom stereocenters. The predicted octanol–water partition coefficient (Wildman–Crippen LogP) is 2.97. The number of anilines is 1. The van der Waals surface area contributed by atoms with Crippen LogP contribution in [0.4, 0.5) is 5.82 Å². The Morgan fingerprint density at radius 3 is 3.03 bits per heavy atom. The van der Waals surface area contributed by atoms with Gasteiger partial charge in [-0.05, 0) is 37.1 Å². The minimum absolute atomic E-state index is 0.259. The van der Waals surface area contributed by atoms with E-state index in [4.69, 9.17) is 4.74 Å². The molecule has 1 aliphatic rings. The zero-order valence-corrected chi connectivity index (χ0v) is 16.4. The molecular weight excluding hydrogens is 368 g/mol. The van der Waals surface area contributed by atoms with Gasteiger partial charge in [0, 0.05) is 37.8 Å². The lowest BCUT2D eigenvalue weighted by Gasteiger charge is -2.15. The highest BCUT2D eigenvalue weighted by Gasteiger charge is 2.19. The number of benzene rings is 1. The van der Waals surface area contributed by atoms with E-state index in [1.54, 1.807) is 13.3 Å². The maximum atomic E-state index is 11.7. The van der Waals surface area contributed by atoms with Crippen molar-refractivity contribution in [2.24, 2.45) is 0 Å². The Hall–Kier alpha value is -3.42. The number of hydrogen-bond donors (Lipinski definition) is 2. The second-order valence-corrected chi connectivity index (χ2v) is 6.90. The molecule has 0 spiro atoms. The number of aromatic amines is 1. The molecule has 2 aromatic heterocycles. The first-order valence-electron chi connectivity index (χ1n) is 9.78. The Kier molecular flexibility index (Phi) is 5.69. The molecule has 4 rings (SSSR count). The number of ether oxygens (including phenoxy) is 1. The normalized spacial score (nSPS) is 13.7. The van der Waals surface area contributed by atoms with Gasteiger partial charge in [0.05, 0.1) is 12.7 Å². The number of methoxy groups -OCH3 is 1. The van der Waals surface area contributed by atoms with Gasteiger partial charge in [0.2, 0.25) is 5.91 Å². The predicted molar refractivity (Wildman–Crippen MR) is 111 cm³/mol. The molecule has 0 saturated carbocycles. The quantitative estimate of drug-likeness (QED) is 0.572. The molecule has 0 unspecified atom stereocenters. The number of amides is 1. The molecule has 3 heterocycles. The fraction of sp³-hybridized carbons (Fsp3) is 0.333. The number of H-pyrrole nitrogens is 1. The fourth-order valence-electron chi connectivity index (χ4n) is 3.43. The summed E-state index contributed by atoms with van der Waals surface area (Å²) in [6.45, 7) is 2.37. The topological polar surface area (TPSA) is 96.0 Å². The first kappa shape index (κ1) is 18.9. The van der Waals surface area contributed by atoms with Gasteiger partial charge in [-0.25, -0.2) is 9.97 Å². The number of aromatic nitrogens is 4. The third kappa shape index (κ3) is 4.37. The van der Waals surface area contributed by atoms with Crippen LogP contribution in [0.1, 0.15) is 19.3 Å². The van der Waals surface area contributed by atoms with Crippen molar-refractivity contribution in [2.75, 3.05) is 32.1 Å². The number of nitrogens with one attached hydrogen (secondary N) is 2. The lowest BCUT2D eigenvalue weighted by molar-refractivity contribution is -0.127. The van der Waals surface area contributed by atoms with Crippen molar-refractivity contribution >= 4 is 11.7 Å². The van der Waals surface area contributed by atoms with Crippen molar-refractivity contribution < 1.29 is 9.53 Å². The summed E-state index contributed by atoms with van der Waals surface area (Å²) >= 11 is 0. The Morgan fingerprint density at radius 1 is 1.28 bits per heavy atom. The van der Waals surface area contributed by atoms with Gasteiger partial charge in [-0.1, -0.05) is 12.1 Å². The van der Waals surface area contributed by atoms with Crippen molar-refractivity contribution in [3.63, 3.8) is 0 Å². The number of nitrogens with zero attached hydrogens (tertiary/aromatic N) is 4. The molecule has 1 saturated heterocycles. The van der Waals surface area contributed by atoms with Gasteiger partial charge in [-0.15, -0.1) is 0 Å². The molecule has 150 valence electrons. The van der Waals surface area contributed by atoms with E-state index in [0.29, 0.717) is 18.1 Å². The van der Waals surface area contributed by atoms with Crippen LogP contribution in [0.3, 0.4) is 0 Å². The Bertz CT molecular complexity index is 987. The van der Waals surface area contributed by atoms with Gasteiger partial charge in [0.15, 0.2) is 11.6 Å². The molecule has 1 aromatic carbocycles. The molecule has 8 heteroatoms. The van der Waals surface area contributed by atoms with Crippen LogP contribution in [0.2, 0.25) is 0 Å². The monoisotopic (exact) mass is 392 g/mol. The van der Waals surface area contributed by atoms with Gasteiger partial charge in [-0.3, -0.25) is 9.89 Å². The van der Waals surface area contributed by atoms with Crippen LogP contribution in [0.5, 0.6) is 5.75 Å². The molecule has 0 radical (unpaired) electrons. The molecule has 0 aliphatic carbocycles. The average molecular weight is 392 g/mol. The highest BCUT2D eigenvalue weighted by atomic mass is 16.5. The lowest BCUT2D eigenvalue weighted by atomic mass is 10.2. The second-order valence-electron chi connectivity index (χ2n) is 6.90. The van der Waals surface area contributed by atoms with E-state index in [1.807, 2.05) is 41.3 Å². The first-order chi connectivity index (χ1) is 14.2.